The van der Waals surface area contributed by atoms with Gasteiger partial charge in [-0.25, -0.2) is 4.79 Å². The van der Waals surface area contributed by atoms with E-state index in [1.807, 2.05) is 0 Å². The van der Waals surface area contributed by atoms with E-state index in [4.69, 9.17) is 23.4 Å². The number of methoxy groups -OCH3 is 3. The maximum absolute atomic E-state index is 12.5. The van der Waals surface area contributed by atoms with Crippen LogP contribution in [0.3, 0.4) is 0 Å². The minimum Gasteiger partial charge on any atom is -0.497 e. The van der Waals surface area contributed by atoms with E-state index >= 15 is 0 Å². The van der Waals surface area contributed by atoms with Gasteiger partial charge in [0, 0.05) is 30.0 Å². The van der Waals surface area contributed by atoms with Crippen molar-refractivity contribution in [2.24, 2.45) is 0 Å². The fourth-order valence-electron chi connectivity index (χ4n) is 2.78. The number of esters is 2. The van der Waals surface area contributed by atoms with E-state index in [2.05, 4.69) is 0 Å². The summed E-state index contributed by atoms with van der Waals surface area (Å²) in [6, 6.07) is 8.47. The number of carbonyl (C=O) groups is 2. The molecule has 3 rings (SSSR count). The Balaban J connectivity index is 2.26. The average Bonchev–Trinajstić information content (AvgIpc) is 3.10. The molecule has 0 spiro atoms. The number of hydrogen-bond donors (Lipinski definition) is 0. The van der Waals surface area contributed by atoms with Crippen molar-refractivity contribution in [1.29, 1.82) is 0 Å². The van der Waals surface area contributed by atoms with Crippen LogP contribution < -0.4 is 14.2 Å². The summed E-state index contributed by atoms with van der Waals surface area (Å²) in [6.45, 7) is 1.17. The Hall–Kier alpha value is -3.48. The molecule has 140 valence electrons. The van der Waals surface area contributed by atoms with Crippen LogP contribution in [-0.2, 0) is 9.53 Å². The van der Waals surface area contributed by atoms with Crippen LogP contribution in [0.25, 0.3) is 22.1 Å². The van der Waals surface area contributed by atoms with Crippen LogP contribution in [0.1, 0.15) is 17.3 Å². The molecule has 0 N–H and O–H groups in total. The lowest BCUT2D eigenvalue weighted by atomic mass is 10.00. The molecule has 2 aromatic carbocycles. The third kappa shape index (κ3) is 3.57. The van der Waals surface area contributed by atoms with Gasteiger partial charge in [-0.15, -0.1) is 0 Å². The Morgan fingerprint density at radius 1 is 0.852 bits per heavy atom. The average molecular weight is 370 g/mol. The number of rotatable bonds is 5. The fourth-order valence-corrected chi connectivity index (χ4v) is 2.78. The van der Waals surface area contributed by atoms with Crippen molar-refractivity contribution in [3.05, 3.63) is 42.2 Å². The van der Waals surface area contributed by atoms with Crippen molar-refractivity contribution in [2.75, 3.05) is 21.3 Å². The molecule has 27 heavy (non-hydrogen) atoms. The second-order valence-corrected chi connectivity index (χ2v) is 5.68. The minimum atomic E-state index is -0.788. The van der Waals surface area contributed by atoms with Crippen LogP contribution in [-0.4, -0.2) is 33.3 Å². The lowest BCUT2D eigenvalue weighted by Crippen LogP contribution is -2.10. The monoisotopic (exact) mass is 370 g/mol. The molecule has 0 atom stereocenters. The number of furan rings is 1. The zero-order chi connectivity index (χ0) is 19.6. The third-order valence-corrected chi connectivity index (χ3v) is 4.00. The molecular formula is C20H18O7. The molecule has 0 saturated carbocycles. The first kappa shape index (κ1) is 18.3. The van der Waals surface area contributed by atoms with Crippen molar-refractivity contribution >= 4 is 22.9 Å². The Labute approximate surface area is 155 Å². The molecule has 1 aromatic heterocycles. The second-order valence-electron chi connectivity index (χ2n) is 5.68. The zero-order valence-electron chi connectivity index (χ0n) is 15.3. The van der Waals surface area contributed by atoms with Gasteiger partial charge in [0.15, 0.2) is 0 Å². The maximum atomic E-state index is 12.5. The Morgan fingerprint density at radius 2 is 1.44 bits per heavy atom. The van der Waals surface area contributed by atoms with E-state index in [-0.39, 0.29) is 5.56 Å². The summed E-state index contributed by atoms with van der Waals surface area (Å²) < 4.78 is 26.2. The Kier molecular flexibility index (Phi) is 5.03. The molecule has 0 saturated heterocycles. The smallest absolute Gasteiger partial charge is 0.346 e. The predicted octanol–water partition coefficient (Wildman–Crippen LogP) is 3.83. The van der Waals surface area contributed by atoms with E-state index in [0.717, 1.165) is 0 Å². The van der Waals surface area contributed by atoms with Gasteiger partial charge < -0.3 is 23.4 Å². The SMILES string of the molecule is COc1cc(OC)cc(-c2coc3cc(OC)cc(C(=O)OC(C)=O)c23)c1. The van der Waals surface area contributed by atoms with Crippen LogP contribution in [0.15, 0.2) is 41.0 Å². The molecular weight excluding hydrogens is 352 g/mol. The van der Waals surface area contributed by atoms with Crippen LogP contribution in [0, 0.1) is 0 Å². The van der Waals surface area contributed by atoms with E-state index in [1.165, 1.54) is 26.4 Å². The summed E-state index contributed by atoms with van der Waals surface area (Å²) in [5.41, 5.74) is 1.92. The van der Waals surface area contributed by atoms with E-state index in [9.17, 15) is 9.59 Å². The number of ether oxygens (including phenoxy) is 4. The molecule has 0 aliphatic heterocycles. The highest BCUT2D eigenvalue weighted by molar-refractivity contribution is 6.11. The van der Waals surface area contributed by atoms with Gasteiger partial charge in [0.2, 0.25) is 0 Å². The van der Waals surface area contributed by atoms with Crippen molar-refractivity contribution in [3.63, 3.8) is 0 Å². The summed E-state index contributed by atoms with van der Waals surface area (Å²) in [4.78, 5) is 23.7. The first-order valence-corrected chi connectivity index (χ1v) is 8.02. The van der Waals surface area contributed by atoms with Crippen molar-refractivity contribution in [2.45, 2.75) is 6.92 Å². The highest BCUT2D eigenvalue weighted by Crippen LogP contribution is 2.38. The number of carbonyl (C=O) groups excluding carboxylic acids is 2. The number of fused-ring (bicyclic) bond motifs is 1. The van der Waals surface area contributed by atoms with Gasteiger partial charge in [-0.2, -0.15) is 0 Å². The number of hydrogen-bond acceptors (Lipinski definition) is 7. The molecule has 3 aromatic rings. The van der Waals surface area contributed by atoms with E-state index < -0.39 is 11.9 Å². The van der Waals surface area contributed by atoms with Gasteiger partial charge in [0.05, 0.1) is 33.2 Å². The summed E-state index contributed by atoms with van der Waals surface area (Å²) in [5, 5.41) is 0.498. The normalized spacial score (nSPS) is 10.5. The van der Waals surface area contributed by atoms with Gasteiger partial charge in [0.1, 0.15) is 22.8 Å². The topological polar surface area (TPSA) is 84.2 Å². The predicted molar refractivity (Wildman–Crippen MR) is 97.4 cm³/mol. The van der Waals surface area contributed by atoms with Crippen LogP contribution in [0.4, 0.5) is 0 Å². The van der Waals surface area contributed by atoms with Crippen LogP contribution in [0.5, 0.6) is 17.2 Å². The van der Waals surface area contributed by atoms with Crippen LogP contribution >= 0.6 is 0 Å². The zero-order valence-corrected chi connectivity index (χ0v) is 15.3. The van der Waals surface area contributed by atoms with E-state index in [0.29, 0.717) is 39.3 Å². The number of benzene rings is 2. The quantitative estimate of drug-likeness (QED) is 0.498. The maximum Gasteiger partial charge on any atom is 0.346 e. The third-order valence-electron chi connectivity index (χ3n) is 4.00. The second kappa shape index (κ2) is 7.41. The molecule has 0 unspecified atom stereocenters. The molecule has 0 aliphatic rings. The first-order chi connectivity index (χ1) is 13.0. The Bertz CT molecular complexity index is 994. The summed E-state index contributed by atoms with van der Waals surface area (Å²) in [5.74, 6) is 0.0789. The largest absolute Gasteiger partial charge is 0.497 e. The Morgan fingerprint density at radius 3 is 2.00 bits per heavy atom. The van der Waals surface area contributed by atoms with Crippen molar-refractivity contribution in [1.82, 2.24) is 0 Å². The molecule has 7 nitrogen and oxygen atoms in total. The first-order valence-electron chi connectivity index (χ1n) is 8.02. The standard InChI is InChI=1S/C20H18O7/c1-11(21)27-20(22)16-8-15(25-4)9-18-19(16)17(10-26-18)12-5-13(23-2)7-14(6-12)24-3/h5-10H,1-4H3. The molecule has 1 heterocycles. The molecule has 0 radical (unpaired) electrons. The van der Waals surface area contributed by atoms with Crippen molar-refractivity contribution < 1.29 is 33.0 Å². The molecule has 0 fully saturated rings. The highest BCUT2D eigenvalue weighted by atomic mass is 16.6. The van der Waals surface area contributed by atoms with Gasteiger partial charge in [0.25, 0.3) is 0 Å². The van der Waals surface area contributed by atoms with Gasteiger partial charge in [-0.3, -0.25) is 4.79 Å². The summed E-state index contributed by atoms with van der Waals surface area (Å²) >= 11 is 0. The minimum absolute atomic E-state index is 0.157. The molecule has 0 amide bonds. The molecule has 0 aliphatic carbocycles. The molecule has 7 heteroatoms. The lowest BCUT2D eigenvalue weighted by Gasteiger charge is -2.09. The van der Waals surface area contributed by atoms with Gasteiger partial charge in [-0.1, -0.05) is 0 Å². The summed E-state index contributed by atoms with van der Waals surface area (Å²) in [6.07, 6.45) is 1.52. The lowest BCUT2D eigenvalue weighted by molar-refractivity contribution is -0.135. The van der Waals surface area contributed by atoms with E-state index in [1.54, 1.807) is 38.5 Å². The van der Waals surface area contributed by atoms with Crippen LogP contribution in [0.2, 0.25) is 0 Å². The fraction of sp³-hybridized carbons (Fsp3) is 0.200. The molecule has 0 bridgehead atoms. The highest BCUT2D eigenvalue weighted by Gasteiger charge is 2.22. The van der Waals surface area contributed by atoms with Gasteiger partial charge >= 0.3 is 11.9 Å². The van der Waals surface area contributed by atoms with Gasteiger partial charge in [-0.05, 0) is 23.8 Å². The van der Waals surface area contributed by atoms with Crippen molar-refractivity contribution in [3.8, 4) is 28.4 Å². The summed E-state index contributed by atoms with van der Waals surface area (Å²) in [7, 11) is 4.57.